The van der Waals surface area contributed by atoms with Crippen molar-refractivity contribution in [2.24, 2.45) is 0 Å². The first kappa shape index (κ1) is 13.6. The van der Waals surface area contributed by atoms with Crippen LogP contribution in [0.5, 0.6) is 0 Å². The monoisotopic (exact) mass is 305 g/mol. The number of anilines is 2. The Morgan fingerprint density at radius 3 is 3.10 bits per heavy atom. The smallest absolute Gasteiger partial charge is 0.249 e. The van der Waals surface area contributed by atoms with E-state index in [1.54, 1.807) is 12.1 Å². The number of hydrogen-bond acceptors (Lipinski definition) is 4. The number of halogens is 1. The molecule has 0 aliphatic carbocycles. The van der Waals surface area contributed by atoms with Crippen molar-refractivity contribution in [1.82, 2.24) is 14.8 Å². The van der Waals surface area contributed by atoms with E-state index in [2.05, 4.69) is 20.7 Å². The molecular weight excluding hydrogens is 294 g/mol. The number of aryl methyl sites for hydroxylation is 1. The summed E-state index contributed by atoms with van der Waals surface area (Å²) in [4.78, 5) is 27.8. The zero-order chi connectivity index (χ0) is 15.0. The van der Waals surface area contributed by atoms with Crippen molar-refractivity contribution in [3.8, 4) is 0 Å². The molecule has 2 N–H and O–H groups in total. The largest absolute Gasteiger partial charge is 0.324 e. The topological polar surface area (TPSA) is 88.9 Å². The van der Waals surface area contributed by atoms with Gasteiger partial charge in [0.05, 0.1) is 6.42 Å². The molecule has 2 heterocycles. The standard InChI is InChI=1S/C13H12ClN5O2/c1-7-2-3-8(4-9(7)14)17-12(21)10-5-11(20)18-13-15-6-16-19(10)13/h2-4,6,10H,5H2,1H3,(H,17,21)(H,15,16,18,20)/t10-/m1/s1. The average molecular weight is 306 g/mol. The molecule has 1 aliphatic rings. The fraction of sp³-hybridized carbons (Fsp3) is 0.231. The highest BCUT2D eigenvalue weighted by Crippen LogP contribution is 2.24. The van der Waals surface area contributed by atoms with Crippen molar-refractivity contribution < 1.29 is 9.59 Å². The SMILES string of the molecule is Cc1ccc(NC(=O)[C@H]2CC(=O)Nc3ncnn32)cc1Cl. The van der Waals surface area contributed by atoms with Crippen LogP contribution in [0.4, 0.5) is 11.6 Å². The number of benzene rings is 1. The number of hydrogen-bond donors (Lipinski definition) is 2. The zero-order valence-electron chi connectivity index (χ0n) is 11.1. The van der Waals surface area contributed by atoms with Crippen LogP contribution in [0.1, 0.15) is 18.0 Å². The Hall–Kier alpha value is -2.41. The summed E-state index contributed by atoms with van der Waals surface area (Å²) in [7, 11) is 0. The average Bonchev–Trinajstić information content (AvgIpc) is 2.90. The number of carbonyl (C=O) groups is 2. The highest BCUT2D eigenvalue weighted by atomic mass is 35.5. The van der Waals surface area contributed by atoms with E-state index in [9.17, 15) is 9.59 Å². The van der Waals surface area contributed by atoms with Gasteiger partial charge in [-0.2, -0.15) is 10.1 Å². The molecule has 108 valence electrons. The van der Waals surface area contributed by atoms with Crippen molar-refractivity contribution in [2.45, 2.75) is 19.4 Å². The van der Waals surface area contributed by atoms with Crippen LogP contribution in [0.2, 0.25) is 5.02 Å². The van der Waals surface area contributed by atoms with Gasteiger partial charge in [-0.15, -0.1) is 0 Å². The number of amides is 2. The van der Waals surface area contributed by atoms with Gasteiger partial charge in [0.2, 0.25) is 17.8 Å². The maximum Gasteiger partial charge on any atom is 0.249 e. The molecule has 0 spiro atoms. The van der Waals surface area contributed by atoms with Crippen LogP contribution in [-0.2, 0) is 9.59 Å². The number of fused-ring (bicyclic) bond motifs is 1. The number of nitrogens with one attached hydrogen (secondary N) is 2. The molecule has 3 rings (SSSR count). The molecule has 2 aromatic rings. The molecule has 0 unspecified atom stereocenters. The van der Waals surface area contributed by atoms with E-state index < -0.39 is 6.04 Å². The highest BCUT2D eigenvalue weighted by Gasteiger charge is 2.31. The summed E-state index contributed by atoms with van der Waals surface area (Å²) in [5.74, 6) is -0.331. The van der Waals surface area contributed by atoms with Crippen LogP contribution in [0.25, 0.3) is 0 Å². The summed E-state index contributed by atoms with van der Waals surface area (Å²) in [6.45, 7) is 1.88. The van der Waals surface area contributed by atoms with Crippen molar-refractivity contribution in [3.63, 3.8) is 0 Å². The van der Waals surface area contributed by atoms with Gasteiger partial charge in [-0.25, -0.2) is 4.68 Å². The molecule has 0 saturated heterocycles. The van der Waals surface area contributed by atoms with Crippen LogP contribution in [0, 0.1) is 6.92 Å². The Morgan fingerprint density at radius 1 is 1.52 bits per heavy atom. The number of aromatic nitrogens is 3. The van der Waals surface area contributed by atoms with Gasteiger partial charge in [0, 0.05) is 10.7 Å². The van der Waals surface area contributed by atoms with Crippen molar-refractivity contribution in [2.75, 3.05) is 10.6 Å². The van der Waals surface area contributed by atoms with Gasteiger partial charge in [0.1, 0.15) is 12.4 Å². The van der Waals surface area contributed by atoms with Gasteiger partial charge in [0.25, 0.3) is 0 Å². The molecule has 1 aromatic carbocycles. The lowest BCUT2D eigenvalue weighted by Crippen LogP contribution is -2.36. The minimum atomic E-state index is -0.726. The third kappa shape index (κ3) is 2.59. The highest BCUT2D eigenvalue weighted by molar-refractivity contribution is 6.31. The second-order valence-corrected chi connectivity index (χ2v) is 5.16. The molecule has 7 nitrogen and oxygen atoms in total. The van der Waals surface area contributed by atoms with E-state index in [0.717, 1.165) is 5.56 Å². The van der Waals surface area contributed by atoms with Crippen LogP contribution in [0.15, 0.2) is 24.5 Å². The van der Waals surface area contributed by atoms with E-state index in [1.807, 2.05) is 13.0 Å². The molecule has 1 aliphatic heterocycles. The molecule has 21 heavy (non-hydrogen) atoms. The predicted molar refractivity (Wildman–Crippen MR) is 77.1 cm³/mol. The van der Waals surface area contributed by atoms with Gasteiger partial charge in [-0.1, -0.05) is 17.7 Å². The Morgan fingerprint density at radius 2 is 2.33 bits per heavy atom. The number of carbonyl (C=O) groups excluding carboxylic acids is 2. The zero-order valence-corrected chi connectivity index (χ0v) is 11.9. The van der Waals surface area contributed by atoms with E-state index in [4.69, 9.17) is 11.6 Å². The minimum Gasteiger partial charge on any atom is -0.324 e. The van der Waals surface area contributed by atoms with Crippen molar-refractivity contribution in [3.05, 3.63) is 35.1 Å². The Bertz CT molecular complexity index is 727. The molecule has 1 atom stereocenters. The summed E-state index contributed by atoms with van der Waals surface area (Å²) in [6.07, 6.45) is 1.31. The van der Waals surface area contributed by atoms with E-state index in [-0.39, 0.29) is 24.2 Å². The lowest BCUT2D eigenvalue weighted by atomic mass is 10.1. The molecule has 0 fully saturated rings. The second-order valence-electron chi connectivity index (χ2n) is 4.75. The first-order valence-corrected chi connectivity index (χ1v) is 6.69. The van der Waals surface area contributed by atoms with E-state index >= 15 is 0 Å². The van der Waals surface area contributed by atoms with Gasteiger partial charge >= 0.3 is 0 Å². The fourth-order valence-corrected chi connectivity index (χ4v) is 2.29. The van der Waals surface area contributed by atoms with Crippen LogP contribution < -0.4 is 10.6 Å². The van der Waals surface area contributed by atoms with Gasteiger partial charge in [-0.3, -0.25) is 14.9 Å². The minimum absolute atomic E-state index is 0.0157. The van der Waals surface area contributed by atoms with Gasteiger partial charge < -0.3 is 5.32 Å². The molecule has 1 aromatic heterocycles. The lowest BCUT2D eigenvalue weighted by Gasteiger charge is -2.22. The molecule has 0 saturated carbocycles. The third-order valence-electron chi connectivity index (χ3n) is 3.24. The normalized spacial score (nSPS) is 17.0. The summed E-state index contributed by atoms with van der Waals surface area (Å²) < 4.78 is 1.40. The lowest BCUT2D eigenvalue weighted by molar-refractivity contribution is -0.125. The maximum atomic E-state index is 12.3. The summed E-state index contributed by atoms with van der Waals surface area (Å²) in [5, 5.41) is 9.83. The molecule has 0 radical (unpaired) electrons. The fourth-order valence-electron chi connectivity index (χ4n) is 2.11. The second kappa shape index (κ2) is 5.17. The molecule has 2 amide bonds. The van der Waals surface area contributed by atoms with Crippen molar-refractivity contribution >= 4 is 35.1 Å². The number of rotatable bonds is 2. The van der Waals surface area contributed by atoms with E-state index in [0.29, 0.717) is 10.7 Å². The Balaban J connectivity index is 1.83. The summed E-state index contributed by atoms with van der Waals surface area (Å²) in [6, 6.07) is 4.51. The van der Waals surface area contributed by atoms with Crippen LogP contribution in [-0.4, -0.2) is 26.6 Å². The van der Waals surface area contributed by atoms with E-state index in [1.165, 1.54) is 11.0 Å². The molecule has 8 heteroatoms. The summed E-state index contributed by atoms with van der Waals surface area (Å²) in [5.41, 5.74) is 1.49. The number of nitrogens with zero attached hydrogens (tertiary/aromatic N) is 3. The third-order valence-corrected chi connectivity index (χ3v) is 3.65. The molecule has 0 bridgehead atoms. The first-order valence-electron chi connectivity index (χ1n) is 6.31. The van der Waals surface area contributed by atoms with Crippen molar-refractivity contribution in [1.29, 1.82) is 0 Å². The quantitative estimate of drug-likeness (QED) is 0.885. The Labute approximate surface area is 125 Å². The van der Waals surface area contributed by atoms with Gasteiger partial charge in [0.15, 0.2) is 0 Å². The molecular formula is C13H12ClN5O2. The first-order chi connectivity index (χ1) is 10.0. The predicted octanol–water partition coefficient (Wildman–Crippen LogP) is 1.76. The van der Waals surface area contributed by atoms with Crippen LogP contribution in [0.3, 0.4) is 0 Å². The maximum absolute atomic E-state index is 12.3. The van der Waals surface area contributed by atoms with Gasteiger partial charge in [-0.05, 0) is 24.6 Å². The summed E-state index contributed by atoms with van der Waals surface area (Å²) >= 11 is 6.03. The van der Waals surface area contributed by atoms with Crippen LogP contribution >= 0.6 is 11.6 Å². The Kier molecular flexibility index (Phi) is 3.34.